The average molecular weight is 697 g/mol. The Morgan fingerprint density at radius 2 is 1.16 bits per heavy atom. The molecule has 0 saturated carbocycles. The number of nitrogens with one attached hydrogen (secondary N) is 2. The molecule has 4 aromatic rings. The van der Waals surface area contributed by atoms with Crippen LogP contribution in [-0.2, 0) is 22.8 Å². The van der Waals surface area contributed by atoms with E-state index >= 15 is 0 Å². The molecule has 1 atom stereocenters. The molecule has 9 nitrogen and oxygen atoms in total. The van der Waals surface area contributed by atoms with Crippen molar-refractivity contribution >= 4 is 21.0 Å². The molecule has 0 spiro atoms. The summed E-state index contributed by atoms with van der Waals surface area (Å²) in [5.74, 6) is -0.400. The van der Waals surface area contributed by atoms with Crippen molar-refractivity contribution in [1.29, 1.82) is 0 Å². The molecule has 0 aromatic heterocycles. The summed E-state index contributed by atoms with van der Waals surface area (Å²) in [5.41, 5.74) is 6.52. The Kier molecular flexibility index (Phi) is 13.6. The highest BCUT2D eigenvalue weighted by Crippen LogP contribution is 2.44. The average Bonchev–Trinajstić information content (AvgIpc) is 3.46. The minimum absolute atomic E-state index is 0.0809. The molecule has 5 rings (SSSR count). The second-order valence-corrected chi connectivity index (χ2v) is 14.7. The first-order valence-electron chi connectivity index (χ1n) is 17.5. The van der Waals surface area contributed by atoms with Crippen molar-refractivity contribution in [2.45, 2.75) is 51.1 Å². The lowest BCUT2D eigenvalue weighted by molar-refractivity contribution is 0.0706. The van der Waals surface area contributed by atoms with Gasteiger partial charge in [-0.25, -0.2) is 9.59 Å². The number of amides is 2. The number of hydrogen-bond donors (Lipinski definition) is 2. The smallest absolute Gasteiger partial charge is 0.449 e. The maximum Gasteiger partial charge on any atom is 0.500 e. The monoisotopic (exact) mass is 696 g/mol. The van der Waals surface area contributed by atoms with E-state index in [9.17, 15) is 9.59 Å². The summed E-state index contributed by atoms with van der Waals surface area (Å²) in [4.78, 5) is 26.6. The number of rotatable bonds is 18. The van der Waals surface area contributed by atoms with Gasteiger partial charge in [0.1, 0.15) is 13.2 Å². The molecule has 10 heteroatoms. The number of carbonyl (C=O) groups is 2. The molecule has 1 aliphatic rings. The van der Waals surface area contributed by atoms with Gasteiger partial charge in [-0.1, -0.05) is 109 Å². The Morgan fingerprint density at radius 3 is 1.68 bits per heavy atom. The van der Waals surface area contributed by atoms with Crippen molar-refractivity contribution in [1.82, 2.24) is 10.6 Å². The van der Waals surface area contributed by atoms with E-state index in [1.807, 2.05) is 106 Å². The Bertz CT molecular complexity index is 1550. The number of alkyl carbamates (subject to hydrolysis) is 2. The molecule has 1 aliphatic carbocycles. The number of benzene rings is 4. The summed E-state index contributed by atoms with van der Waals surface area (Å²) in [5, 5.41) is 5.90. The molecule has 0 heterocycles. The van der Waals surface area contributed by atoms with Crippen molar-refractivity contribution < 1.29 is 32.3 Å². The third-order valence-electron chi connectivity index (χ3n) is 8.78. The maximum absolute atomic E-state index is 13.6. The molecule has 264 valence electrons. The van der Waals surface area contributed by atoms with E-state index in [1.165, 1.54) is 0 Å². The second-order valence-electron chi connectivity index (χ2n) is 12.0. The molecule has 0 unspecified atom stereocenters. The molecular formula is C40H48N2O7Si. The first-order chi connectivity index (χ1) is 24.5. The minimum atomic E-state index is -2.82. The molecule has 0 fully saturated rings. The van der Waals surface area contributed by atoms with Crippen molar-refractivity contribution in [3.05, 3.63) is 131 Å². The van der Waals surface area contributed by atoms with Crippen LogP contribution in [0, 0.1) is 0 Å². The molecule has 0 saturated heterocycles. The van der Waals surface area contributed by atoms with E-state index in [2.05, 4.69) is 34.9 Å². The van der Waals surface area contributed by atoms with Crippen LogP contribution in [-0.4, -0.2) is 66.6 Å². The Morgan fingerprint density at radius 1 is 0.660 bits per heavy atom. The lowest BCUT2D eigenvalue weighted by Gasteiger charge is -2.29. The van der Waals surface area contributed by atoms with Gasteiger partial charge in [0.2, 0.25) is 0 Å². The largest absolute Gasteiger partial charge is 0.500 e. The Labute approximate surface area is 296 Å². The van der Waals surface area contributed by atoms with Gasteiger partial charge in [0.15, 0.2) is 0 Å². The summed E-state index contributed by atoms with van der Waals surface area (Å²) < 4.78 is 29.5. The van der Waals surface area contributed by atoms with Crippen LogP contribution >= 0.6 is 0 Å². The summed E-state index contributed by atoms with van der Waals surface area (Å²) in [6.07, 6.45) is -0.568. The first kappa shape index (κ1) is 36.8. The summed E-state index contributed by atoms with van der Waals surface area (Å²) in [7, 11) is -2.82. The van der Waals surface area contributed by atoms with Crippen molar-refractivity contribution in [2.75, 3.05) is 39.6 Å². The lowest BCUT2D eigenvalue weighted by Crippen LogP contribution is -2.46. The van der Waals surface area contributed by atoms with Gasteiger partial charge >= 0.3 is 21.0 Å². The summed E-state index contributed by atoms with van der Waals surface area (Å²) in [6.45, 7) is 7.66. The molecule has 0 bridgehead atoms. The van der Waals surface area contributed by atoms with E-state index in [0.29, 0.717) is 38.8 Å². The van der Waals surface area contributed by atoms with Crippen LogP contribution in [0.25, 0.3) is 11.1 Å². The molecule has 0 radical (unpaired) electrons. The van der Waals surface area contributed by atoms with Crippen LogP contribution in [0.5, 0.6) is 0 Å². The molecule has 2 amide bonds. The van der Waals surface area contributed by atoms with Crippen molar-refractivity contribution in [2.24, 2.45) is 0 Å². The third kappa shape index (κ3) is 9.39. The Hall–Kier alpha value is -4.48. The molecule has 50 heavy (non-hydrogen) atoms. The van der Waals surface area contributed by atoms with Gasteiger partial charge in [0, 0.05) is 44.2 Å². The van der Waals surface area contributed by atoms with Crippen LogP contribution in [0.2, 0.25) is 6.04 Å². The van der Waals surface area contributed by atoms with Gasteiger partial charge < -0.3 is 33.4 Å². The first-order valence-corrected chi connectivity index (χ1v) is 19.5. The highest BCUT2D eigenvalue weighted by atomic mass is 28.4. The predicted molar refractivity (Wildman–Crippen MR) is 196 cm³/mol. The van der Waals surface area contributed by atoms with Gasteiger partial charge in [0.25, 0.3) is 0 Å². The normalized spacial score (nSPS) is 13.0. The summed E-state index contributed by atoms with van der Waals surface area (Å²) in [6, 6.07) is 36.2. The van der Waals surface area contributed by atoms with Crippen molar-refractivity contribution in [3.8, 4) is 11.1 Å². The summed E-state index contributed by atoms with van der Waals surface area (Å²) >= 11 is 0. The van der Waals surface area contributed by atoms with Gasteiger partial charge in [-0.2, -0.15) is 0 Å². The number of hydrogen-bond acceptors (Lipinski definition) is 7. The van der Waals surface area contributed by atoms with E-state index in [4.69, 9.17) is 22.8 Å². The zero-order chi connectivity index (χ0) is 35.2. The molecule has 4 aromatic carbocycles. The van der Waals surface area contributed by atoms with E-state index in [1.54, 1.807) is 0 Å². The van der Waals surface area contributed by atoms with E-state index < -0.39 is 27.0 Å². The topological polar surface area (TPSA) is 104 Å². The van der Waals surface area contributed by atoms with Crippen molar-refractivity contribution in [3.63, 3.8) is 0 Å². The minimum Gasteiger partial charge on any atom is -0.449 e. The second kappa shape index (κ2) is 18.5. The fourth-order valence-electron chi connectivity index (χ4n) is 6.70. The lowest BCUT2D eigenvalue weighted by atomic mass is 9.85. The van der Waals surface area contributed by atoms with Crippen LogP contribution in [0.15, 0.2) is 109 Å². The maximum atomic E-state index is 13.6. The number of fused-ring (bicyclic) bond motifs is 3. The van der Waals surface area contributed by atoms with Gasteiger partial charge in [-0.3, -0.25) is 0 Å². The third-order valence-corrected chi connectivity index (χ3v) is 11.9. The zero-order valence-corrected chi connectivity index (χ0v) is 30.1. The zero-order valence-electron chi connectivity index (χ0n) is 29.1. The molecular weight excluding hydrogens is 649 g/mol. The quantitative estimate of drug-likeness (QED) is 0.0806. The highest BCUT2D eigenvalue weighted by Gasteiger charge is 2.39. The standard InChI is InChI=1S/C40H48N2O7Si/c1-4-47-50(48-5-2,49-6-3)27-17-26-41-39(43)46-29-37(38(30-18-9-7-10-19-30)31-20-11-8-12-21-31)42-40(44)45-28-36-34-24-15-13-22-32(34)33-23-14-16-25-35(33)36/h7-16,18-25,36-38H,4-6,17,26-29H2,1-3H3,(H,41,43)(H,42,44)/t37-/m1/s1. The van der Waals surface area contributed by atoms with Crippen LogP contribution in [0.4, 0.5) is 9.59 Å². The van der Waals surface area contributed by atoms with Crippen LogP contribution in [0.3, 0.4) is 0 Å². The SMILES string of the molecule is CCO[Si](CCCNC(=O)OC[C@@H](NC(=O)OCC1c2ccccc2-c2ccccc21)C(c1ccccc1)c1ccccc1)(OCC)OCC. The van der Waals surface area contributed by atoms with Gasteiger partial charge in [-0.15, -0.1) is 0 Å². The van der Waals surface area contributed by atoms with Crippen LogP contribution < -0.4 is 10.6 Å². The fraction of sp³-hybridized carbons (Fsp3) is 0.350. The molecule has 2 N–H and O–H groups in total. The van der Waals surface area contributed by atoms with Gasteiger partial charge in [0.05, 0.1) is 6.04 Å². The number of ether oxygens (including phenoxy) is 2. The predicted octanol–water partition coefficient (Wildman–Crippen LogP) is 7.89. The highest BCUT2D eigenvalue weighted by molar-refractivity contribution is 6.60. The van der Waals surface area contributed by atoms with Gasteiger partial charge in [-0.05, 0) is 60.6 Å². The van der Waals surface area contributed by atoms with E-state index in [-0.39, 0.29) is 25.0 Å². The Balaban J connectivity index is 1.27. The van der Waals surface area contributed by atoms with E-state index in [0.717, 1.165) is 33.4 Å². The molecule has 0 aliphatic heterocycles. The fourth-order valence-corrected chi connectivity index (χ4v) is 9.32. The number of carbonyl (C=O) groups excluding carboxylic acids is 2. The van der Waals surface area contributed by atoms with Crippen LogP contribution in [0.1, 0.15) is 61.3 Å².